The van der Waals surface area contributed by atoms with E-state index < -0.39 is 0 Å². The molecule has 0 saturated heterocycles. The maximum atomic E-state index is 9.75. The molecule has 0 aromatic heterocycles. The molecule has 17 heavy (non-hydrogen) atoms. The molecule has 3 heteroatoms. The van der Waals surface area contributed by atoms with E-state index in [2.05, 4.69) is 28.2 Å². The lowest BCUT2D eigenvalue weighted by Crippen LogP contribution is -2.31. The molecule has 94 valence electrons. The van der Waals surface area contributed by atoms with Gasteiger partial charge in [0, 0.05) is 22.6 Å². The predicted molar refractivity (Wildman–Crippen MR) is 74.1 cm³/mol. The highest BCUT2D eigenvalue weighted by Crippen LogP contribution is 2.28. The van der Waals surface area contributed by atoms with Crippen LogP contribution in [0.2, 0.25) is 0 Å². The zero-order valence-corrected chi connectivity index (χ0v) is 11.8. The zero-order valence-electron chi connectivity index (χ0n) is 10.2. The second kappa shape index (κ2) is 5.87. The van der Waals surface area contributed by atoms with Gasteiger partial charge in [0.2, 0.25) is 0 Å². The summed E-state index contributed by atoms with van der Waals surface area (Å²) in [6, 6.07) is 6.11. The lowest BCUT2D eigenvalue weighted by atomic mass is 9.99. The van der Waals surface area contributed by atoms with Gasteiger partial charge in [0.1, 0.15) is 5.75 Å². The molecule has 0 bridgehead atoms. The Hall–Kier alpha value is -0.540. The standard InChI is InChI=1S/C14H20BrNO/c1-10(11-4-2-3-5-11)16-9-12-8-13(15)6-7-14(12)17/h6-8,10-11,16-17H,2-5,9H2,1H3/t10-/m0/s1. The van der Waals surface area contributed by atoms with E-state index in [1.807, 2.05) is 12.1 Å². The van der Waals surface area contributed by atoms with E-state index in [9.17, 15) is 5.11 Å². The fraction of sp³-hybridized carbons (Fsp3) is 0.571. The molecule has 1 saturated carbocycles. The molecule has 0 unspecified atom stereocenters. The number of benzene rings is 1. The van der Waals surface area contributed by atoms with Gasteiger partial charge in [-0.1, -0.05) is 28.8 Å². The number of hydrogen-bond donors (Lipinski definition) is 2. The van der Waals surface area contributed by atoms with Crippen LogP contribution in [0.25, 0.3) is 0 Å². The molecular weight excluding hydrogens is 278 g/mol. The van der Waals surface area contributed by atoms with Crippen molar-refractivity contribution in [2.24, 2.45) is 5.92 Å². The van der Waals surface area contributed by atoms with Crippen molar-refractivity contribution in [3.63, 3.8) is 0 Å². The van der Waals surface area contributed by atoms with Crippen LogP contribution in [0.3, 0.4) is 0 Å². The van der Waals surface area contributed by atoms with Gasteiger partial charge in [0.15, 0.2) is 0 Å². The van der Waals surface area contributed by atoms with E-state index in [0.29, 0.717) is 11.8 Å². The van der Waals surface area contributed by atoms with Gasteiger partial charge >= 0.3 is 0 Å². The van der Waals surface area contributed by atoms with Crippen molar-refractivity contribution in [3.05, 3.63) is 28.2 Å². The number of aromatic hydroxyl groups is 1. The van der Waals surface area contributed by atoms with Crippen LogP contribution in [-0.4, -0.2) is 11.1 Å². The minimum Gasteiger partial charge on any atom is -0.508 e. The Labute approximate surface area is 112 Å². The van der Waals surface area contributed by atoms with Crippen molar-refractivity contribution < 1.29 is 5.11 Å². The Kier molecular flexibility index (Phi) is 4.46. The Balaban J connectivity index is 1.90. The van der Waals surface area contributed by atoms with Crippen LogP contribution >= 0.6 is 15.9 Å². The number of phenolic OH excluding ortho intramolecular Hbond substituents is 1. The van der Waals surface area contributed by atoms with Crippen LogP contribution in [0, 0.1) is 5.92 Å². The molecule has 0 aliphatic heterocycles. The van der Waals surface area contributed by atoms with Crippen LogP contribution in [0.1, 0.15) is 38.2 Å². The van der Waals surface area contributed by atoms with Crippen LogP contribution in [0.15, 0.2) is 22.7 Å². The molecule has 2 N–H and O–H groups in total. The first-order valence-corrected chi connectivity index (χ1v) is 7.17. The van der Waals surface area contributed by atoms with E-state index >= 15 is 0 Å². The summed E-state index contributed by atoms with van der Waals surface area (Å²) in [6.45, 7) is 2.99. The Morgan fingerprint density at radius 1 is 1.41 bits per heavy atom. The number of phenols is 1. The maximum absolute atomic E-state index is 9.75. The summed E-state index contributed by atoms with van der Waals surface area (Å²) in [7, 11) is 0. The summed E-state index contributed by atoms with van der Waals surface area (Å²) in [5.41, 5.74) is 0.962. The van der Waals surface area contributed by atoms with Gasteiger partial charge < -0.3 is 10.4 Å². The average Bonchev–Trinajstić information content (AvgIpc) is 2.83. The van der Waals surface area contributed by atoms with Crippen LogP contribution in [0.4, 0.5) is 0 Å². The second-order valence-electron chi connectivity index (χ2n) is 4.99. The molecule has 1 aliphatic carbocycles. The zero-order chi connectivity index (χ0) is 12.3. The fourth-order valence-corrected chi connectivity index (χ4v) is 3.00. The van der Waals surface area contributed by atoms with Gasteiger partial charge in [-0.15, -0.1) is 0 Å². The van der Waals surface area contributed by atoms with E-state index in [-0.39, 0.29) is 0 Å². The highest BCUT2D eigenvalue weighted by Gasteiger charge is 2.21. The molecule has 0 amide bonds. The van der Waals surface area contributed by atoms with Gasteiger partial charge in [-0.3, -0.25) is 0 Å². The van der Waals surface area contributed by atoms with Gasteiger partial charge in [0.05, 0.1) is 0 Å². The quantitative estimate of drug-likeness (QED) is 0.885. The predicted octanol–water partition coefficient (Wildman–Crippen LogP) is 3.82. The number of halogens is 1. The first kappa shape index (κ1) is 12.9. The van der Waals surface area contributed by atoms with Gasteiger partial charge in [0.25, 0.3) is 0 Å². The summed E-state index contributed by atoms with van der Waals surface area (Å²) in [4.78, 5) is 0. The molecule has 2 nitrogen and oxygen atoms in total. The molecule has 0 radical (unpaired) electrons. The van der Waals surface area contributed by atoms with Crippen LogP contribution < -0.4 is 5.32 Å². The first-order valence-electron chi connectivity index (χ1n) is 6.37. The molecule has 1 atom stereocenters. The van der Waals surface area contributed by atoms with Crippen LogP contribution in [-0.2, 0) is 6.54 Å². The van der Waals surface area contributed by atoms with E-state index in [4.69, 9.17) is 0 Å². The SMILES string of the molecule is C[C@H](NCc1cc(Br)ccc1O)C1CCCC1. The van der Waals surface area contributed by atoms with E-state index in [1.54, 1.807) is 6.07 Å². The third kappa shape index (κ3) is 3.46. The summed E-state index contributed by atoms with van der Waals surface area (Å²) in [5.74, 6) is 1.18. The monoisotopic (exact) mass is 297 g/mol. The first-order chi connectivity index (χ1) is 8.16. The minimum absolute atomic E-state index is 0.374. The fourth-order valence-electron chi connectivity index (χ4n) is 2.59. The highest BCUT2D eigenvalue weighted by atomic mass is 79.9. The Morgan fingerprint density at radius 3 is 2.82 bits per heavy atom. The van der Waals surface area contributed by atoms with Crippen molar-refractivity contribution in [2.45, 2.75) is 45.2 Å². The third-order valence-electron chi connectivity index (χ3n) is 3.76. The average molecular weight is 298 g/mol. The van der Waals surface area contributed by atoms with Crippen molar-refractivity contribution in [1.82, 2.24) is 5.32 Å². The molecule has 1 fully saturated rings. The topological polar surface area (TPSA) is 32.3 Å². The van der Waals surface area contributed by atoms with Crippen molar-refractivity contribution >= 4 is 15.9 Å². The summed E-state index contributed by atoms with van der Waals surface area (Å²) in [6.07, 6.45) is 5.44. The summed E-state index contributed by atoms with van der Waals surface area (Å²) in [5, 5.41) is 13.3. The van der Waals surface area contributed by atoms with E-state index in [0.717, 1.165) is 22.5 Å². The lowest BCUT2D eigenvalue weighted by molar-refractivity contribution is 0.376. The molecule has 2 rings (SSSR count). The van der Waals surface area contributed by atoms with Crippen molar-refractivity contribution in [1.29, 1.82) is 0 Å². The summed E-state index contributed by atoms with van der Waals surface area (Å²) >= 11 is 3.43. The number of rotatable bonds is 4. The maximum Gasteiger partial charge on any atom is 0.120 e. The van der Waals surface area contributed by atoms with Crippen molar-refractivity contribution in [2.75, 3.05) is 0 Å². The largest absolute Gasteiger partial charge is 0.508 e. The molecule has 1 aromatic carbocycles. The molecular formula is C14H20BrNO. The number of nitrogens with one attached hydrogen (secondary N) is 1. The van der Waals surface area contributed by atoms with Gasteiger partial charge in [-0.2, -0.15) is 0 Å². The number of hydrogen-bond acceptors (Lipinski definition) is 2. The molecule has 1 aromatic rings. The molecule has 1 aliphatic rings. The Bertz CT molecular complexity index is 374. The van der Waals surface area contributed by atoms with Crippen LogP contribution in [0.5, 0.6) is 5.75 Å². The third-order valence-corrected chi connectivity index (χ3v) is 4.26. The van der Waals surface area contributed by atoms with Crippen molar-refractivity contribution in [3.8, 4) is 5.75 Å². The second-order valence-corrected chi connectivity index (χ2v) is 5.90. The summed E-state index contributed by atoms with van der Waals surface area (Å²) < 4.78 is 1.01. The van der Waals surface area contributed by atoms with E-state index in [1.165, 1.54) is 25.7 Å². The minimum atomic E-state index is 0.374. The lowest BCUT2D eigenvalue weighted by Gasteiger charge is -2.20. The smallest absolute Gasteiger partial charge is 0.120 e. The Morgan fingerprint density at radius 2 is 2.12 bits per heavy atom. The van der Waals surface area contributed by atoms with Gasteiger partial charge in [-0.25, -0.2) is 0 Å². The highest BCUT2D eigenvalue weighted by molar-refractivity contribution is 9.10. The molecule has 0 heterocycles. The normalized spacial score (nSPS) is 18.5. The molecule has 0 spiro atoms. The van der Waals surface area contributed by atoms with Gasteiger partial charge in [-0.05, 0) is 43.9 Å².